The summed E-state index contributed by atoms with van der Waals surface area (Å²) in [5.41, 5.74) is 5.60. The lowest BCUT2D eigenvalue weighted by atomic mass is 10.1. The van der Waals surface area contributed by atoms with Crippen molar-refractivity contribution in [2.75, 3.05) is 12.0 Å². The van der Waals surface area contributed by atoms with E-state index in [4.69, 9.17) is 9.15 Å². The summed E-state index contributed by atoms with van der Waals surface area (Å²) >= 11 is 0. The van der Waals surface area contributed by atoms with Crippen molar-refractivity contribution in [1.82, 2.24) is 4.98 Å². The maximum absolute atomic E-state index is 12.5. The minimum absolute atomic E-state index is 0.0721. The fourth-order valence-corrected chi connectivity index (χ4v) is 3.08. The number of pyridine rings is 2. The Labute approximate surface area is 173 Å². The molecule has 3 aromatic rings. The molecule has 1 aliphatic rings. The van der Waals surface area contributed by atoms with E-state index < -0.39 is 5.97 Å². The van der Waals surface area contributed by atoms with E-state index in [1.54, 1.807) is 48.5 Å². The molecule has 0 aromatic carbocycles. The summed E-state index contributed by atoms with van der Waals surface area (Å²) in [6, 6.07) is 7.57. The topological polar surface area (TPSA) is 101 Å². The van der Waals surface area contributed by atoms with Gasteiger partial charge in [0.1, 0.15) is 0 Å². The van der Waals surface area contributed by atoms with Gasteiger partial charge in [-0.25, -0.2) is 14.8 Å². The third-order valence-corrected chi connectivity index (χ3v) is 4.64. The molecule has 0 saturated heterocycles. The highest BCUT2D eigenvalue weighted by Gasteiger charge is 2.29. The minimum atomic E-state index is -0.682. The zero-order chi connectivity index (χ0) is 21.1. The van der Waals surface area contributed by atoms with Gasteiger partial charge in [-0.1, -0.05) is 11.6 Å². The van der Waals surface area contributed by atoms with E-state index >= 15 is 0 Å². The highest BCUT2D eigenvalue weighted by Crippen LogP contribution is 2.38. The van der Waals surface area contributed by atoms with Crippen molar-refractivity contribution in [1.29, 1.82) is 0 Å². The van der Waals surface area contributed by atoms with Crippen molar-refractivity contribution < 1.29 is 23.7 Å². The second kappa shape index (κ2) is 8.20. The van der Waals surface area contributed by atoms with Gasteiger partial charge in [-0.3, -0.25) is 0 Å². The van der Waals surface area contributed by atoms with E-state index in [1.165, 1.54) is 5.56 Å². The van der Waals surface area contributed by atoms with Gasteiger partial charge in [-0.05, 0) is 37.1 Å². The number of nitrogens with one attached hydrogen (secondary N) is 1. The number of anilines is 1. The molecular weight excluding hydrogens is 384 g/mol. The third-order valence-electron chi connectivity index (χ3n) is 4.64. The Morgan fingerprint density at radius 1 is 1.30 bits per heavy atom. The average molecular weight is 405 g/mol. The minimum Gasteiger partial charge on any atom is -0.504 e. The molecule has 0 atom stereocenters. The predicted octanol–water partition coefficient (Wildman–Crippen LogP) is 3.54. The third kappa shape index (κ3) is 3.67. The molecule has 0 aliphatic carbocycles. The van der Waals surface area contributed by atoms with Crippen LogP contribution in [0.4, 0.5) is 11.7 Å². The molecule has 0 fully saturated rings. The SMILES string of the molecule is CCOC(=O)c1c(N[n+]2ccc(CC)cc2)oc(C=C2C=Nc3ncccc32)c1O. The number of nitrogens with zero attached hydrogens (tertiary/aromatic N) is 3. The Kier molecular flexibility index (Phi) is 5.30. The van der Waals surface area contributed by atoms with Crippen LogP contribution in [-0.4, -0.2) is 28.9 Å². The lowest BCUT2D eigenvalue weighted by Crippen LogP contribution is -2.41. The van der Waals surface area contributed by atoms with Crippen molar-refractivity contribution in [3.63, 3.8) is 0 Å². The number of aromatic hydroxyl groups is 1. The molecule has 30 heavy (non-hydrogen) atoms. The van der Waals surface area contributed by atoms with E-state index in [0.717, 1.165) is 12.0 Å². The zero-order valence-corrected chi connectivity index (χ0v) is 16.6. The smallest absolute Gasteiger partial charge is 0.347 e. The van der Waals surface area contributed by atoms with Crippen LogP contribution in [0.5, 0.6) is 5.75 Å². The van der Waals surface area contributed by atoms with Crippen molar-refractivity contribution in [3.8, 4) is 5.75 Å². The second-order valence-corrected chi connectivity index (χ2v) is 6.55. The first-order valence-corrected chi connectivity index (χ1v) is 9.62. The van der Waals surface area contributed by atoms with Gasteiger partial charge in [-0.2, -0.15) is 0 Å². The fourth-order valence-electron chi connectivity index (χ4n) is 3.08. The van der Waals surface area contributed by atoms with Crippen LogP contribution >= 0.6 is 0 Å². The number of carbonyl (C=O) groups is 1. The first-order chi connectivity index (χ1) is 14.6. The summed E-state index contributed by atoms with van der Waals surface area (Å²) < 4.78 is 12.5. The maximum atomic E-state index is 12.5. The van der Waals surface area contributed by atoms with E-state index in [2.05, 4.69) is 22.3 Å². The average Bonchev–Trinajstić information content (AvgIpc) is 3.30. The van der Waals surface area contributed by atoms with E-state index in [9.17, 15) is 9.90 Å². The molecule has 4 heterocycles. The largest absolute Gasteiger partial charge is 0.504 e. The highest BCUT2D eigenvalue weighted by atomic mass is 16.5. The molecule has 4 rings (SSSR count). The maximum Gasteiger partial charge on any atom is 0.347 e. The number of hydrogen-bond acceptors (Lipinski definition) is 7. The molecule has 3 aromatic heterocycles. The molecule has 0 saturated carbocycles. The first-order valence-electron chi connectivity index (χ1n) is 9.62. The number of furan rings is 1. The number of rotatable bonds is 6. The Morgan fingerprint density at radius 3 is 2.83 bits per heavy atom. The van der Waals surface area contributed by atoms with Crippen LogP contribution in [0.25, 0.3) is 11.6 Å². The summed E-state index contributed by atoms with van der Waals surface area (Å²) in [6.07, 6.45) is 9.42. The van der Waals surface area contributed by atoms with Gasteiger partial charge in [0.05, 0.1) is 6.61 Å². The van der Waals surface area contributed by atoms with Gasteiger partial charge in [-0.15, -0.1) is 5.43 Å². The molecule has 0 unspecified atom stereocenters. The second-order valence-electron chi connectivity index (χ2n) is 6.55. The van der Waals surface area contributed by atoms with Crippen LogP contribution < -0.4 is 10.1 Å². The van der Waals surface area contributed by atoms with Crippen LogP contribution in [0.3, 0.4) is 0 Å². The molecule has 152 valence electrons. The van der Waals surface area contributed by atoms with Gasteiger partial charge >= 0.3 is 5.97 Å². The van der Waals surface area contributed by atoms with Gasteiger partial charge in [0.2, 0.25) is 0 Å². The number of aliphatic imine (C=N–C) groups is 1. The summed E-state index contributed by atoms with van der Waals surface area (Å²) in [4.78, 5) is 20.9. The van der Waals surface area contributed by atoms with Crippen LogP contribution in [0, 0.1) is 0 Å². The molecule has 0 radical (unpaired) electrons. The summed E-state index contributed by atoms with van der Waals surface area (Å²) in [7, 11) is 0. The van der Waals surface area contributed by atoms with Gasteiger partial charge in [0.25, 0.3) is 5.88 Å². The van der Waals surface area contributed by atoms with Crippen molar-refractivity contribution in [2.24, 2.45) is 4.99 Å². The first kappa shape index (κ1) is 19.4. The lowest BCUT2D eigenvalue weighted by Gasteiger charge is -2.02. The van der Waals surface area contributed by atoms with E-state index in [-0.39, 0.29) is 29.6 Å². The monoisotopic (exact) mass is 405 g/mol. The molecule has 0 bridgehead atoms. The molecule has 2 N–H and O–H groups in total. The van der Waals surface area contributed by atoms with Gasteiger partial charge in [0.15, 0.2) is 35.3 Å². The quantitative estimate of drug-likeness (QED) is 0.481. The van der Waals surface area contributed by atoms with Crippen LogP contribution in [0.1, 0.15) is 41.1 Å². The standard InChI is InChI=1S/C22H20N4O4/c1-3-14-7-10-26(11-8-14)25-21-18(22(28)29-4-2)19(27)17(30-21)12-15-13-24-20-16(15)6-5-9-23-20/h5-13H,3-4H2,1-2H3,(H-,23,24,25,27,28)/p+1. The number of carbonyl (C=O) groups excluding carboxylic acids is 1. The number of fused-ring (bicyclic) bond motifs is 1. The van der Waals surface area contributed by atoms with Crippen LogP contribution in [0.2, 0.25) is 0 Å². The number of aromatic nitrogens is 2. The van der Waals surface area contributed by atoms with Gasteiger partial charge < -0.3 is 14.3 Å². The van der Waals surface area contributed by atoms with Gasteiger partial charge in [0, 0.05) is 35.7 Å². The molecule has 8 heteroatoms. The summed E-state index contributed by atoms with van der Waals surface area (Å²) in [5.74, 6) is -0.206. The van der Waals surface area contributed by atoms with E-state index in [0.29, 0.717) is 11.4 Å². The molecule has 8 nitrogen and oxygen atoms in total. The number of allylic oxidation sites excluding steroid dienone is 1. The Morgan fingerprint density at radius 2 is 2.10 bits per heavy atom. The van der Waals surface area contributed by atoms with Crippen molar-refractivity contribution >= 4 is 35.5 Å². The zero-order valence-electron chi connectivity index (χ0n) is 16.6. The van der Waals surface area contributed by atoms with Crippen molar-refractivity contribution in [3.05, 3.63) is 65.3 Å². The Bertz CT molecular complexity index is 1150. The number of aryl methyl sites for hydroxylation is 1. The molecule has 0 amide bonds. The highest BCUT2D eigenvalue weighted by molar-refractivity contribution is 6.21. The molecule has 0 spiro atoms. The van der Waals surface area contributed by atoms with Crippen molar-refractivity contribution in [2.45, 2.75) is 20.3 Å². The van der Waals surface area contributed by atoms with E-state index in [1.807, 2.05) is 18.2 Å². The number of ether oxygens (including phenoxy) is 1. The normalized spacial score (nSPS) is 13.5. The Balaban J connectivity index is 1.73. The van der Waals surface area contributed by atoms with Crippen LogP contribution in [0.15, 0.2) is 52.3 Å². The van der Waals surface area contributed by atoms with Crippen LogP contribution in [-0.2, 0) is 11.2 Å². The summed E-state index contributed by atoms with van der Waals surface area (Å²) in [5, 5.41) is 10.7. The number of hydrogen-bond donors (Lipinski definition) is 2. The summed E-state index contributed by atoms with van der Waals surface area (Å²) in [6.45, 7) is 3.93. The fraction of sp³-hybridized carbons (Fsp3) is 0.182. The molecular formula is C22H21N4O4+. The molecule has 1 aliphatic heterocycles. The predicted molar refractivity (Wildman–Crippen MR) is 112 cm³/mol. The lowest BCUT2D eigenvalue weighted by molar-refractivity contribution is -0.644. The Hall–Kier alpha value is -3.94. The number of esters is 1.